The first-order chi connectivity index (χ1) is 8.65. The number of carbonyl (C=O) groups excluding carboxylic acids is 1. The maximum atomic E-state index is 11.9. The van der Waals surface area contributed by atoms with Gasteiger partial charge < -0.3 is 14.8 Å². The van der Waals surface area contributed by atoms with Crippen molar-refractivity contribution in [2.45, 2.75) is 19.3 Å². The van der Waals surface area contributed by atoms with Gasteiger partial charge in [0.25, 0.3) is 0 Å². The van der Waals surface area contributed by atoms with Crippen LogP contribution in [0.4, 0.5) is 5.69 Å². The average Bonchev–Trinajstić information content (AvgIpc) is 2.27. The number of hydrogen-bond donors (Lipinski definition) is 1. The molecule has 0 spiro atoms. The molecular weight excluding hydrogens is 254 g/mol. The Morgan fingerprint density at radius 3 is 2.44 bits per heavy atom. The van der Waals surface area contributed by atoms with Crippen molar-refractivity contribution in [3.8, 4) is 11.5 Å². The summed E-state index contributed by atoms with van der Waals surface area (Å²) < 4.78 is 10.3. The number of amides is 1. The molecule has 1 aliphatic rings. The quantitative estimate of drug-likeness (QED) is 0.914. The van der Waals surface area contributed by atoms with Crippen LogP contribution in [-0.4, -0.2) is 20.1 Å². The Labute approximate surface area is 111 Å². The molecule has 5 heteroatoms. The predicted octanol–water partition coefficient (Wildman–Crippen LogP) is 3.10. The molecule has 4 nitrogen and oxygen atoms in total. The Morgan fingerprint density at radius 2 is 1.94 bits per heavy atom. The normalized spacial score (nSPS) is 14.8. The van der Waals surface area contributed by atoms with Crippen LogP contribution in [0.15, 0.2) is 12.1 Å². The van der Waals surface area contributed by atoms with Gasteiger partial charge in [-0.1, -0.05) is 18.0 Å². The van der Waals surface area contributed by atoms with Crippen LogP contribution in [0.5, 0.6) is 11.5 Å². The van der Waals surface area contributed by atoms with Crippen LogP contribution < -0.4 is 14.8 Å². The minimum atomic E-state index is 0.0285. The third-order valence-electron chi connectivity index (χ3n) is 3.21. The van der Waals surface area contributed by atoms with Crippen LogP contribution in [0.2, 0.25) is 5.02 Å². The number of ether oxygens (including phenoxy) is 2. The van der Waals surface area contributed by atoms with Crippen LogP contribution in [0.1, 0.15) is 19.3 Å². The maximum absolute atomic E-state index is 11.9. The van der Waals surface area contributed by atoms with E-state index in [1.165, 1.54) is 7.11 Å². The number of halogens is 1. The Kier molecular flexibility index (Phi) is 3.97. The summed E-state index contributed by atoms with van der Waals surface area (Å²) in [6.07, 6.45) is 3.04. The Bertz CT molecular complexity index is 458. The van der Waals surface area contributed by atoms with Crippen LogP contribution in [0, 0.1) is 5.92 Å². The number of nitrogens with one attached hydrogen (secondary N) is 1. The summed E-state index contributed by atoms with van der Waals surface area (Å²) in [6, 6.07) is 3.31. The predicted molar refractivity (Wildman–Crippen MR) is 70.5 cm³/mol. The van der Waals surface area contributed by atoms with E-state index < -0.39 is 0 Å². The third-order valence-corrected chi connectivity index (χ3v) is 3.50. The molecule has 0 bridgehead atoms. The molecule has 18 heavy (non-hydrogen) atoms. The molecule has 1 fully saturated rings. The molecule has 1 N–H and O–H groups in total. The highest BCUT2D eigenvalue weighted by molar-refractivity contribution is 6.32. The van der Waals surface area contributed by atoms with Crippen LogP contribution in [0.25, 0.3) is 0 Å². The molecule has 1 aliphatic carbocycles. The summed E-state index contributed by atoms with van der Waals surface area (Å²) in [7, 11) is 3.08. The van der Waals surface area contributed by atoms with E-state index in [4.69, 9.17) is 21.1 Å². The fourth-order valence-electron chi connectivity index (χ4n) is 1.86. The van der Waals surface area contributed by atoms with Crippen molar-refractivity contribution in [2.24, 2.45) is 5.92 Å². The van der Waals surface area contributed by atoms with Gasteiger partial charge in [-0.15, -0.1) is 0 Å². The second kappa shape index (κ2) is 5.48. The fourth-order valence-corrected chi connectivity index (χ4v) is 2.10. The monoisotopic (exact) mass is 269 g/mol. The lowest BCUT2D eigenvalue weighted by Crippen LogP contribution is -2.28. The van der Waals surface area contributed by atoms with Gasteiger partial charge in [0.15, 0.2) is 0 Å². The van der Waals surface area contributed by atoms with Gasteiger partial charge in [-0.05, 0) is 18.9 Å². The van der Waals surface area contributed by atoms with Gasteiger partial charge in [0.05, 0.1) is 24.9 Å². The molecule has 0 aromatic heterocycles. The van der Waals surface area contributed by atoms with Gasteiger partial charge in [0.2, 0.25) is 5.91 Å². The number of methoxy groups -OCH3 is 2. The van der Waals surface area contributed by atoms with E-state index in [0.29, 0.717) is 22.2 Å². The highest BCUT2D eigenvalue weighted by atomic mass is 35.5. The van der Waals surface area contributed by atoms with E-state index in [0.717, 1.165) is 19.3 Å². The minimum absolute atomic E-state index is 0.0285. The van der Waals surface area contributed by atoms with Gasteiger partial charge in [-0.3, -0.25) is 4.79 Å². The molecule has 0 unspecified atom stereocenters. The Hall–Kier alpha value is -1.42. The first kappa shape index (κ1) is 13.0. The highest BCUT2D eigenvalue weighted by Crippen LogP contribution is 2.37. The maximum Gasteiger partial charge on any atom is 0.227 e. The molecule has 0 radical (unpaired) electrons. The van der Waals surface area contributed by atoms with Crippen molar-refractivity contribution in [1.82, 2.24) is 0 Å². The zero-order valence-corrected chi connectivity index (χ0v) is 11.2. The molecule has 1 amide bonds. The molecule has 1 aromatic carbocycles. The van der Waals surface area contributed by atoms with Crippen molar-refractivity contribution >= 4 is 23.2 Å². The van der Waals surface area contributed by atoms with E-state index in [9.17, 15) is 4.79 Å². The lowest BCUT2D eigenvalue weighted by Gasteiger charge is -2.24. The summed E-state index contributed by atoms with van der Waals surface area (Å²) >= 11 is 6.04. The molecule has 0 atom stereocenters. The van der Waals surface area contributed by atoms with Gasteiger partial charge in [0, 0.05) is 12.0 Å². The third kappa shape index (κ3) is 2.53. The summed E-state index contributed by atoms with van der Waals surface area (Å²) in [5, 5.41) is 3.30. The number of carbonyl (C=O) groups is 1. The van der Waals surface area contributed by atoms with Crippen molar-refractivity contribution in [1.29, 1.82) is 0 Å². The molecular formula is C13H16ClNO3. The van der Waals surface area contributed by atoms with Gasteiger partial charge in [-0.25, -0.2) is 0 Å². The van der Waals surface area contributed by atoms with Crippen molar-refractivity contribution in [3.63, 3.8) is 0 Å². The summed E-state index contributed by atoms with van der Waals surface area (Å²) in [6.45, 7) is 0. The number of hydrogen-bond acceptors (Lipinski definition) is 3. The van der Waals surface area contributed by atoms with Crippen LogP contribution >= 0.6 is 11.6 Å². The lowest BCUT2D eigenvalue weighted by molar-refractivity contribution is -0.122. The van der Waals surface area contributed by atoms with Crippen molar-refractivity contribution < 1.29 is 14.3 Å². The number of benzene rings is 1. The molecule has 1 saturated carbocycles. The molecule has 0 heterocycles. The Morgan fingerprint density at radius 1 is 1.28 bits per heavy atom. The molecule has 2 rings (SSSR count). The largest absolute Gasteiger partial charge is 0.495 e. The zero-order valence-electron chi connectivity index (χ0n) is 10.5. The van der Waals surface area contributed by atoms with Crippen LogP contribution in [0.3, 0.4) is 0 Å². The zero-order chi connectivity index (χ0) is 13.1. The summed E-state index contributed by atoms with van der Waals surface area (Å²) in [4.78, 5) is 11.9. The van der Waals surface area contributed by atoms with Gasteiger partial charge in [-0.2, -0.15) is 0 Å². The average molecular weight is 270 g/mol. The fraction of sp³-hybridized carbons (Fsp3) is 0.462. The topological polar surface area (TPSA) is 47.6 Å². The first-order valence-corrected chi connectivity index (χ1v) is 6.26. The van der Waals surface area contributed by atoms with Crippen molar-refractivity contribution in [3.05, 3.63) is 17.2 Å². The lowest BCUT2D eigenvalue weighted by atomic mass is 9.85. The van der Waals surface area contributed by atoms with Gasteiger partial charge >= 0.3 is 0 Å². The van der Waals surface area contributed by atoms with E-state index in [1.807, 2.05) is 0 Å². The standard InChI is InChI=1S/C13H16ClNO3/c1-17-11-7-12(18-2)10(6-9(11)14)15-13(16)8-4-3-5-8/h6-8H,3-5H2,1-2H3,(H,15,16). The Balaban J connectivity index is 2.20. The van der Waals surface area contributed by atoms with Crippen molar-refractivity contribution in [2.75, 3.05) is 19.5 Å². The van der Waals surface area contributed by atoms with E-state index in [2.05, 4.69) is 5.32 Å². The molecule has 0 aliphatic heterocycles. The van der Waals surface area contributed by atoms with E-state index in [1.54, 1.807) is 19.2 Å². The SMILES string of the molecule is COc1cc(OC)c(NC(=O)C2CCC2)cc1Cl. The van der Waals surface area contributed by atoms with E-state index >= 15 is 0 Å². The number of rotatable bonds is 4. The summed E-state index contributed by atoms with van der Waals surface area (Å²) in [5.74, 6) is 1.22. The molecule has 0 saturated heterocycles. The molecule has 1 aromatic rings. The number of anilines is 1. The molecule has 98 valence electrons. The smallest absolute Gasteiger partial charge is 0.227 e. The van der Waals surface area contributed by atoms with Gasteiger partial charge in [0.1, 0.15) is 11.5 Å². The highest BCUT2D eigenvalue weighted by Gasteiger charge is 2.26. The minimum Gasteiger partial charge on any atom is -0.495 e. The summed E-state index contributed by atoms with van der Waals surface area (Å²) in [5.41, 5.74) is 0.584. The van der Waals surface area contributed by atoms with Crippen LogP contribution in [-0.2, 0) is 4.79 Å². The second-order valence-corrected chi connectivity index (χ2v) is 4.71. The van der Waals surface area contributed by atoms with E-state index in [-0.39, 0.29) is 11.8 Å². The second-order valence-electron chi connectivity index (χ2n) is 4.30. The first-order valence-electron chi connectivity index (χ1n) is 5.88.